The number of hydrogen-bond donors (Lipinski definition) is 0. The molecular weight excluding hydrogens is 425 g/mol. The predicted molar refractivity (Wildman–Crippen MR) is 108 cm³/mol. The molecule has 2 atom stereocenters. The van der Waals surface area contributed by atoms with Gasteiger partial charge in [0.05, 0.1) is 11.4 Å². The van der Waals surface area contributed by atoms with Crippen LogP contribution in [0.25, 0.3) is 5.69 Å². The Kier molecular flexibility index (Phi) is 5.46. The van der Waals surface area contributed by atoms with Gasteiger partial charge in [0.25, 0.3) is 5.91 Å². The highest BCUT2D eigenvalue weighted by atomic mass is 79.9. The molecule has 1 aromatic carbocycles. The van der Waals surface area contributed by atoms with Crippen LogP contribution < -0.4 is 0 Å². The average Bonchev–Trinajstić information content (AvgIpc) is 3.28. The monoisotopic (exact) mass is 445 g/mol. The van der Waals surface area contributed by atoms with Gasteiger partial charge in [-0.05, 0) is 49.3 Å². The number of nitrogens with zero attached hydrogens (tertiary/aromatic N) is 3. The third kappa shape index (κ3) is 3.69. The number of allylic oxidation sites excluding steroid dienone is 4. The Morgan fingerprint density at radius 1 is 1.32 bits per heavy atom. The van der Waals surface area contributed by atoms with Gasteiger partial charge >= 0.3 is 0 Å². The Morgan fingerprint density at radius 3 is 2.79 bits per heavy atom. The van der Waals surface area contributed by atoms with Gasteiger partial charge in [-0.25, -0.2) is 9.07 Å². The third-order valence-corrected chi connectivity index (χ3v) is 5.50. The number of rotatable bonds is 5. The maximum absolute atomic E-state index is 13.5. The minimum absolute atomic E-state index is 0.0145. The quantitative estimate of drug-likeness (QED) is 0.663. The van der Waals surface area contributed by atoms with Crippen molar-refractivity contribution in [2.24, 2.45) is 0 Å². The van der Waals surface area contributed by atoms with Crippen molar-refractivity contribution in [3.05, 3.63) is 70.2 Å². The van der Waals surface area contributed by atoms with Crippen LogP contribution in [0.1, 0.15) is 43.2 Å². The molecule has 1 aliphatic carbocycles. The standard InChI is InChI=1S/C21H21BrFN3O2/c1-2-11-25-19(27)13-28-21(25)18-12-26(17-9-5-15(22)6-10-17)24-20(18)14-3-7-16(23)8-4-14/h3,5-10,12,14,21H,2,4,11,13H2,1H3. The topological polar surface area (TPSA) is 47.4 Å². The fourth-order valence-corrected chi connectivity index (χ4v) is 3.86. The van der Waals surface area contributed by atoms with Crippen LogP contribution in [0.5, 0.6) is 0 Å². The lowest BCUT2D eigenvalue weighted by atomic mass is 9.94. The van der Waals surface area contributed by atoms with E-state index in [-0.39, 0.29) is 24.3 Å². The molecule has 1 amide bonds. The lowest BCUT2D eigenvalue weighted by Crippen LogP contribution is -2.29. The molecule has 28 heavy (non-hydrogen) atoms. The van der Waals surface area contributed by atoms with Gasteiger partial charge < -0.3 is 9.64 Å². The van der Waals surface area contributed by atoms with Gasteiger partial charge in [0, 0.05) is 28.7 Å². The van der Waals surface area contributed by atoms with Crippen molar-refractivity contribution in [3.8, 4) is 5.69 Å². The molecule has 146 valence electrons. The molecule has 2 heterocycles. The van der Waals surface area contributed by atoms with Crippen molar-refractivity contribution in [2.45, 2.75) is 31.9 Å². The average molecular weight is 446 g/mol. The second-order valence-electron chi connectivity index (χ2n) is 6.93. The SMILES string of the molecule is CCCN1C(=O)COC1c1cn(-c2ccc(Br)cc2)nc1C1C=CC(F)=CC1. The molecule has 1 aromatic heterocycles. The van der Waals surface area contributed by atoms with Crippen LogP contribution in [0.15, 0.2) is 59.0 Å². The minimum Gasteiger partial charge on any atom is -0.344 e. The maximum Gasteiger partial charge on any atom is 0.250 e. The molecule has 1 fully saturated rings. The molecule has 1 saturated heterocycles. The van der Waals surface area contributed by atoms with Gasteiger partial charge in [-0.15, -0.1) is 0 Å². The van der Waals surface area contributed by atoms with E-state index in [4.69, 9.17) is 9.84 Å². The number of halogens is 2. The summed E-state index contributed by atoms with van der Waals surface area (Å²) in [6, 6.07) is 7.83. The first-order chi connectivity index (χ1) is 13.6. The van der Waals surface area contributed by atoms with E-state index in [9.17, 15) is 9.18 Å². The third-order valence-electron chi connectivity index (χ3n) is 4.97. The molecule has 0 bridgehead atoms. The van der Waals surface area contributed by atoms with Crippen molar-refractivity contribution < 1.29 is 13.9 Å². The highest BCUT2D eigenvalue weighted by Crippen LogP contribution is 2.36. The summed E-state index contributed by atoms with van der Waals surface area (Å²) in [7, 11) is 0. The zero-order chi connectivity index (χ0) is 19.7. The first-order valence-electron chi connectivity index (χ1n) is 9.37. The Balaban J connectivity index is 1.76. The van der Waals surface area contributed by atoms with E-state index < -0.39 is 6.23 Å². The van der Waals surface area contributed by atoms with Crippen molar-refractivity contribution in [3.63, 3.8) is 0 Å². The summed E-state index contributed by atoms with van der Waals surface area (Å²) in [5.74, 6) is -0.307. The molecule has 7 heteroatoms. The van der Waals surface area contributed by atoms with Crippen LogP contribution in [-0.4, -0.2) is 33.7 Å². The van der Waals surface area contributed by atoms with Crippen molar-refractivity contribution >= 4 is 21.8 Å². The van der Waals surface area contributed by atoms with E-state index in [0.29, 0.717) is 13.0 Å². The summed E-state index contributed by atoms with van der Waals surface area (Å²) in [5, 5.41) is 4.80. The zero-order valence-electron chi connectivity index (χ0n) is 15.5. The summed E-state index contributed by atoms with van der Waals surface area (Å²) >= 11 is 3.45. The second kappa shape index (κ2) is 8.01. The minimum atomic E-state index is -0.462. The van der Waals surface area contributed by atoms with Crippen LogP contribution >= 0.6 is 15.9 Å². The Labute approximate surface area is 171 Å². The second-order valence-corrected chi connectivity index (χ2v) is 7.85. The molecule has 2 aromatic rings. The lowest BCUT2D eigenvalue weighted by molar-refractivity contribution is -0.128. The van der Waals surface area contributed by atoms with Crippen LogP contribution in [0.2, 0.25) is 0 Å². The number of hydrogen-bond acceptors (Lipinski definition) is 3. The van der Waals surface area contributed by atoms with Gasteiger partial charge in [0.1, 0.15) is 12.4 Å². The molecule has 0 radical (unpaired) electrons. The molecule has 1 aliphatic heterocycles. The molecule has 0 spiro atoms. The molecule has 2 unspecified atom stereocenters. The van der Waals surface area contributed by atoms with E-state index in [0.717, 1.165) is 27.8 Å². The largest absolute Gasteiger partial charge is 0.344 e. The predicted octanol–water partition coefficient (Wildman–Crippen LogP) is 4.80. The van der Waals surface area contributed by atoms with E-state index in [1.165, 1.54) is 6.08 Å². The molecular formula is C21H21BrFN3O2. The molecule has 5 nitrogen and oxygen atoms in total. The van der Waals surface area contributed by atoms with E-state index in [2.05, 4.69) is 15.9 Å². The van der Waals surface area contributed by atoms with Crippen molar-refractivity contribution in [2.75, 3.05) is 13.2 Å². The first-order valence-corrected chi connectivity index (χ1v) is 10.2. The van der Waals surface area contributed by atoms with E-state index in [1.807, 2.05) is 43.5 Å². The van der Waals surface area contributed by atoms with E-state index >= 15 is 0 Å². The normalized spacial score (nSPS) is 22.0. The van der Waals surface area contributed by atoms with Crippen LogP contribution in [0.3, 0.4) is 0 Å². The summed E-state index contributed by atoms with van der Waals surface area (Å²) in [5.41, 5.74) is 2.57. The fourth-order valence-electron chi connectivity index (χ4n) is 3.60. The number of carbonyl (C=O) groups excluding carboxylic acids is 1. The highest BCUT2D eigenvalue weighted by Gasteiger charge is 2.36. The molecule has 2 aliphatic rings. The summed E-state index contributed by atoms with van der Waals surface area (Å²) in [4.78, 5) is 14.0. The van der Waals surface area contributed by atoms with Crippen molar-refractivity contribution in [1.82, 2.24) is 14.7 Å². The molecule has 0 saturated carbocycles. The van der Waals surface area contributed by atoms with Crippen LogP contribution in [0, 0.1) is 0 Å². The van der Waals surface area contributed by atoms with Gasteiger partial charge in [0.15, 0.2) is 6.23 Å². The van der Waals surface area contributed by atoms with Gasteiger partial charge in [-0.1, -0.05) is 28.9 Å². The number of ether oxygens (including phenoxy) is 1. The zero-order valence-corrected chi connectivity index (χ0v) is 17.1. The number of carbonyl (C=O) groups is 1. The Hall–Kier alpha value is -2.25. The number of benzene rings is 1. The molecule has 0 N–H and O–H groups in total. The first kappa shape index (κ1) is 19.1. The van der Waals surface area contributed by atoms with Crippen LogP contribution in [-0.2, 0) is 9.53 Å². The van der Waals surface area contributed by atoms with Gasteiger partial charge in [-0.3, -0.25) is 4.79 Å². The van der Waals surface area contributed by atoms with E-state index in [1.54, 1.807) is 15.7 Å². The molecule has 4 rings (SSSR count). The summed E-state index contributed by atoms with van der Waals surface area (Å²) in [6.45, 7) is 2.73. The van der Waals surface area contributed by atoms with Gasteiger partial charge in [0.2, 0.25) is 0 Å². The van der Waals surface area contributed by atoms with Crippen molar-refractivity contribution in [1.29, 1.82) is 0 Å². The summed E-state index contributed by atoms with van der Waals surface area (Å²) < 4.78 is 22.1. The van der Waals surface area contributed by atoms with Crippen LogP contribution in [0.4, 0.5) is 4.39 Å². The highest BCUT2D eigenvalue weighted by molar-refractivity contribution is 9.10. The maximum atomic E-state index is 13.5. The number of amides is 1. The number of aromatic nitrogens is 2. The summed E-state index contributed by atoms with van der Waals surface area (Å²) in [6.07, 6.45) is 7.70. The fraction of sp³-hybridized carbons (Fsp3) is 0.333. The van der Waals surface area contributed by atoms with Gasteiger partial charge in [-0.2, -0.15) is 5.10 Å². The Bertz CT molecular complexity index is 936. The lowest BCUT2D eigenvalue weighted by Gasteiger charge is -2.24. The smallest absolute Gasteiger partial charge is 0.250 e. The Morgan fingerprint density at radius 2 is 2.11 bits per heavy atom.